The second-order valence-corrected chi connectivity index (χ2v) is 5.23. The Balaban J connectivity index is 2.26. The number of hydrogen-bond acceptors (Lipinski definition) is 4. The summed E-state index contributed by atoms with van der Waals surface area (Å²) in [5.41, 5.74) is 7.24. The van der Waals surface area contributed by atoms with Crippen molar-refractivity contribution < 1.29 is 4.74 Å². The van der Waals surface area contributed by atoms with E-state index in [1.165, 1.54) is 0 Å². The van der Waals surface area contributed by atoms with E-state index < -0.39 is 0 Å². The van der Waals surface area contributed by atoms with Crippen LogP contribution in [0.2, 0.25) is 0 Å². The largest absolute Gasteiger partial charge is 0.397 e. The smallest absolute Gasteiger partial charge is 0.123 e. The van der Waals surface area contributed by atoms with Gasteiger partial charge in [-0.15, -0.1) is 0 Å². The van der Waals surface area contributed by atoms with Crippen LogP contribution in [-0.2, 0) is 11.3 Å². The van der Waals surface area contributed by atoms with Crippen LogP contribution < -0.4 is 5.73 Å². The van der Waals surface area contributed by atoms with Gasteiger partial charge in [-0.3, -0.25) is 0 Å². The zero-order valence-corrected chi connectivity index (χ0v) is 12.2. The van der Waals surface area contributed by atoms with Gasteiger partial charge in [0.1, 0.15) is 16.8 Å². The highest BCUT2D eigenvalue weighted by Crippen LogP contribution is 2.34. The van der Waals surface area contributed by atoms with Crippen molar-refractivity contribution in [1.82, 2.24) is 4.57 Å². The molecule has 1 heterocycles. The topological polar surface area (TPSA) is 64.0 Å². The van der Waals surface area contributed by atoms with E-state index in [4.69, 9.17) is 10.5 Å². The van der Waals surface area contributed by atoms with Crippen LogP contribution in [-0.4, -0.2) is 17.8 Å². The molecule has 4 nitrogen and oxygen atoms in total. The first-order valence-corrected chi connectivity index (χ1v) is 7.27. The first-order valence-electron chi connectivity index (χ1n) is 6.46. The molecule has 0 fully saturated rings. The Kier molecular flexibility index (Phi) is 5.10. The molecule has 1 aromatic carbocycles. The number of hydrogen-bond donors (Lipinski definition) is 1. The van der Waals surface area contributed by atoms with Gasteiger partial charge in [0, 0.05) is 18.0 Å². The standard InChI is InChI=1S/C15H17N3OS/c1-2-19-9-8-18-12(11-16)10-14(17)15(18)20-13-6-4-3-5-7-13/h3-7,10H,2,8-9,17H2,1H3. The summed E-state index contributed by atoms with van der Waals surface area (Å²) in [4.78, 5) is 1.10. The van der Waals surface area contributed by atoms with Crippen molar-refractivity contribution in [3.63, 3.8) is 0 Å². The molecule has 0 bridgehead atoms. The lowest BCUT2D eigenvalue weighted by molar-refractivity contribution is 0.137. The van der Waals surface area contributed by atoms with Crippen molar-refractivity contribution in [2.75, 3.05) is 18.9 Å². The number of nitrogen functional groups attached to an aromatic ring is 1. The van der Waals surface area contributed by atoms with Crippen LogP contribution in [0.15, 0.2) is 46.3 Å². The predicted molar refractivity (Wildman–Crippen MR) is 80.6 cm³/mol. The van der Waals surface area contributed by atoms with Gasteiger partial charge in [-0.25, -0.2) is 0 Å². The van der Waals surface area contributed by atoms with Crippen molar-refractivity contribution in [3.05, 3.63) is 42.1 Å². The van der Waals surface area contributed by atoms with Crippen LogP contribution in [0, 0.1) is 11.3 Å². The lowest BCUT2D eigenvalue weighted by Crippen LogP contribution is -2.09. The van der Waals surface area contributed by atoms with Gasteiger partial charge < -0.3 is 15.0 Å². The van der Waals surface area contributed by atoms with E-state index in [-0.39, 0.29) is 0 Å². The first-order chi connectivity index (χ1) is 9.76. The van der Waals surface area contributed by atoms with E-state index in [0.717, 1.165) is 9.92 Å². The molecule has 0 aliphatic carbocycles. The average Bonchev–Trinajstić information content (AvgIpc) is 2.77. The molecule has 0 aliphatic heterocycles. The first kappa shape index (κ1) is 14.5. The number of aromatic nitrogens is 1. The summed E-state index contributed by atoms with van der Waals surface area (Å²) in [6.45, 7) is 3.82. The monoisotopic (exact) mass is 287 g/mol. The molecule has 20 heavy (non-hydrogen) atoms. The molecule has 2 aromatic rings. The zero-order valence-electron chi connectivity index (χ0n) is 11.4. The molecule has 0 aliphatic rings. The summed E-state index contributed by atoms with van der Waals surface area (Å²) >= 11 is 1.57. The zero-order chi connectivity index (χ0) is 14.4. The summed E-state index contributed by atoms with van der Waals surface area (Å²) in [6, 6.07) is 13.9. The number of rotatable bonds is 6. The van der Waals surface area contributed by atoms with E-state index in [0.29, 0.717) is 31.1 Å². The molecule has 0 unspecified atom stereocenters. The van der Waals surface area contributed by atoms with Gasteiger partial charge in [0.05, 0.1) is 12.3 Å². The number of nitriles is 1. The van der Waals surface area contributed by atoms with Crippen LogP contribution in [0.4, 0.5) is 5.69 Å². The Labute approximate surface area is 123 Å². The van der Waals surface area contributed by atoms with Gasteiger partial charge in [-0.2, -0.15) is 5.26 Å². The van der Waals surface area contributed by atoms with Gasteiger partial charge >= 0.3 is 0 Å². The lowest BCUT2D eigenvalue weighted by atomic mass is 10.4. The fourth-order valence-electron chi connectivity index (χ4n) is 1.88. The highest BCUT2D eigenvalue weighted by molar-refractivity contribution is 7.99. The summed E-state index contributed by atoms with van der Waals surface area (Å²) in [6.07, 6.45) is 0. The second-order valence-electron chi connectivity index (χ2n) is 4.17. The minimum absolute atomic E-state index is 0.570. The third-order valence-electron chi connectivity index (χ3n) is 2.81. The maximum Gasteiger partial charge on any atom is 0.123 e. The van der Waals surface area contributed by atoms with E-state index in [1.54, 1.807) is 17.8 Å². The van der Waals surface area contributed by atoms with Crippen molar-refractivity contribution in [3.8, 4) is 6.07 Å². The van der Waals surface area contributed by atoms with Gasteiger partial charge in [-0.1, -0.05) is 30.0 Å². The third-order valence-corrected chi connectivity index (χ3v) is 3.97. The van der Waals surface area contributed by atoms with Crippen molar-refractivity contribution in [2.45, 2.75) is 23.4 Å². The molecule has 2 rings (SSSR count). The molecule has 1 aromatic heterocycles. The number of benzene rings is 1. The fourth-order valence-corrected chi connectivity index (χ4v) is 2.87. The molecule has 104 valence electrons. The van der Waals surface area contributed by atoms with Crippen LogP contribution >= 0.6 is 11.8 Å². The van der Waals surface area contributed by atoms with Gasteiger partial charge in [-0.05, 0) is 25.1 Å². The molecular weight excluding hydrogens is 270 g/mol. The highest BCUT2D eigenvalue weighted by Gasteiger charge is 2.14. The van der Waals surface area contributed by atoms with Crippen molar-refractivity contribution in [2.24, 2.45) is 0 Å². The van der Waals surface area contributed by atoms with Crippen LogP contribution in [0.25, 0.3) is 0 Å². The summed E-state index contributed by atoms with van der Waals surface area (Å²) in [5, 5.41) is 10.1. The summed E-state index contributed by atoms with van der Waals surface area (Å²) in [5.74, 6) is 0. The summed E-state index contributed by atoms with van der Waals surface area (Å²) in [7, 11) is 0. The van der Waals surface area contributed by atoms with Crippen LogP contribution in [0.5, 0.6) is 0 Å². The molecule has 0 saturated heterocycles. The van der Waals surface area contributed by atoms with Crippen LogP contribution in [0.1, 0.15) is 12.6 Å². The van der Waals surface area contributed by atoms with Crippen molar-refractivity contribution in [1.29, 1.82) is 5.26 Å². The Morgan fingerprint density at radius 1 is 1.35 bits per heavy atom. The second kappa shape index (κ2) is 7.04. The normalized spacial score (nSPS) is 10.4. The molecule has 0 saturated carbocycles. The molecule has 0 radical (unpaired) electrons. The Hall–Kier alpha value is -1.90. The maximum atomic E-state index is 9.20. The quantitative estimate of drug-likeness (QED) is 0.829. The molecular formula is C15H17N3OS. The van der Waals surface area contributed by atoms with Gasteiger partial charge in [0.15, 0.2) is 0 Å². The third kappa shape index (κ3) is 3.35. The maximum absolute atomic E-state index is 9.20. The lowest BCUT2D eigenvalue weighted by Gasteiger charge is -2.11. The average molecular weight is 287 g/mol. The summed E-state index contributed by atoms with van der Waals surface area (Å²) < 4.78 is 7.29. The van der Waals surface area contributed by atoms with E-state index >= 15 is 0 Å². The van der Waals surface area contributed by atoms with E-state index in [2.05, 4.69) is 6.07 Å². The Morgan fingerprint density at radius 2 is 2.10 bits per heavy atom. The molecule has 0 spiro atoms. The fraction of sp³-hybridized carbons (Fsp3) is 0.267. The van der Waals surface area contributed by atoms with Gasteiger partial charge in [0.25, 0.3) is 0 Å². The van der Waals surface area contributed by atoms with Gasteiger partial charge in [0.2, 0.25) is 0 Å². The Bertz CT molecular complexity index is 602. The van der Waals surface area contributed by atoms with E-state index in [1.807, 2.05) is 41.8 Å². The van der Waals surface area contributed by atoms with E-state index in [9.17, 15) is 5.26 Å². The number of nitrogens with two attached hydrogens (primary N) is 1. The minimum atomic E-state index is 0.570. The highest BCUT2D eigenvalue weighted by atomic mass is 32.2. The SMILES string of the molecule is CCOCCn1c(C#N)cc(N)c1Sc1ccccc1. The molecule has 0 atom stereocenters. The molecule has 5 heteroatoms. The van der Waals surface area contributed by atoms with Crippen LogP contribution in [0.3, 0.4) is 0 Å². The number of nitrogens with zero attached hydrogens (tertiary/aromatic N) is 2. The van der Waals surface area contributed by atoms with Crippen molar-refractivity contribution >= 4 is 17.4 Å². The number of ether oxygens (including phenoxy) is 1. The Morgan fingerprint density at radius 3 is 2.75 bits per heavy atom. The molecule has 0 amide bonds. The number of anilines is 1. The predicted octanol–water partition coefficient (Wildman–Crippen LogP) is 3.13. The molecule has 2 N–H and O–H groups in total. The minimum Gasteiger partial charge on any atom is -0.397 e.